The molecule has 1 amide bonds. The van der Waals surface area contributed by atoms with E-state index in [1.54, 1.807) is 6.20 Å². The van der Waals surface area contributed by atoms with E-state index < -0.39 is 0 Å². The van der Waals surface area contributed by atoms with E-state index in [1.807, 2.05) is 44.2 Å². The van der Waals surface area contributed by atoms with Crippen LogP contribution in [0.5, 0.6) is 0 Å². The number of aliphatic hydroxyl groups excluding tert-OH is 1. The summed E-state index contributed by atoms with van der Waals surface area (Å²) >= 11 is 0. The number of pyridine rings is 1. The number of nitrogens with one attached hydrogen (secondary N) is 1. The summed E-state index contributed by atoms with van der Waals surface area (Å²) in [5, 5.41) is 13.8. The number of hydrogen-bond donors (Lipinski definition) is 2. The van der Waals surface area contributed by atoms with Gasteiger partial charge in [-0.25, -0.2) is 0 Å². The SMILES string of the molecule is CCC(O)CN1CCN(C(C)C(=O)Nc2cccc3ncccc23)CC1. The second kappa shape index (κ2) is 8.58. The van der Waals surface area contributed by atoms with Crippen LogP contribution in [0.15, 0.2) is 36.5 Å². The first kappa shape index (κ1) is 18.8. The van der Waals surface area contributed by atoms with Crippen molar-refractivity contribution in [1.29, 1.82) is 0 Å². The summed E-state index contributed by atoms with van der Waals surface area (Å²) in [6.45, 7) is 8.10. The van der Waals surface area contributed by atoms with Crippen LogP contribution < -0.4 is 5.32 Å². The number of carbonyl (C=O) groups excluding carboxylic acids is 1. The highest BCUT2D eigenvalue weighted by Gasteiger charge is 2.26. The molecule has 1 aromatic heterocycles. The van der Waals surface area contributed by atoms with Crippen LogP contribution in [0.1, 0.15) is 20.3 Å². The van der Waals surface area contributed by atoms with Crippen molar-refractivity contribution in [3.8, 4) is 0 Å². The Morgan fingerprint density at radius 2 is 2.00 bits per heavy atom. The van der Waals surface area contributed by atoms with Gasteiger partial charge in [-0.15, -0.1) is 0 Å². The summed E-state index contributed by atoms with van der Waals surface area (Å²) in [5.41, 5.74) is 1.68. The lowest BCUT2D eigenvalue weighted by atomic mass is 10.1. The molecule has 6 heteroatoms. The van der Waals surface area contributed by atoms with Gasteiger partial charge in [0, 0.05) is 44.3 Å². The average molecular weight is 356 g/mol. The molecule has 0 spiro atoms. The van der Waals surface area contributed by atoms with Crippen molar-refractivity contribution in [1.82, 2.24) is 14.8 Å². The lowest BCUT2D eigenvalue weighted by Gasteiger charge is -2.38. The smallest absolute Gasteiger partial charge is 0.241 e. The molecule has 2 unspecified atom stereocenters. The number of aliphatic hydroxyl groups is 1. The second-order valence-corrected chi connectivity index (χ2v) is 6.94. The molecule has 0 radical (unpaired) electrons. The highest BCUT2D eigenvalue weighted by atomic mass is 16.3. The van der Waals surface area contributed by atoms with E-state index in [-0.39, 0.29) is 18.1 Å². The van der Waals surface area contributed by atoms with E-state index in [4.69, 9.17) is 0 Å². The Morgan fingerprint density at radius 3 is 2.73 bits per heavy atom. The topological polar surface area (TPSA) is 68.7 Å². The predicted octanol–water partition coefficient (Wildman–Crippen LogP) is 1.95. The van der Waals surface area contributed by atoms with Crippen LogP contribution in [0.2, 0.25) is 0 Å². The maximum atomic E-state index is 12.7. The maximum absolute atomic E-state index is 12.7. The molecule has 3 rings (SSSR count). The predicted molar refractivity (Wildman–Crippen MR) is 104 cm³/mol. The van der Waals surface area contributed by atoms with Crippen LogP contribution in [0, 0.1) is 0 Å². The van der Waals surface area contributed by atoms with Crippen molar-refractivity contribution < 1.29 is 9.90 Å². The first-order valence-corrected chi connectivity index (χ1v) is 9.37. The van der Waals surface area contributed by atoms with Gasteiger partial charge in [0.15, 0.2) is 0 Å². The number of nitrogens with zero attached hydrogens (tertiary/aromatic N) is 3. The van der Waals surface area contributed by atoms with Gasteiger partial charge in [-0.05, 0) is 37.6 Å². The van der Waals surface area contributed by atoms with Gasteiger partial charge in [-0.3, -0.25) is 19.6 Å². The molecule has 1 aromatic carbocycles. The molecule has 26 heavy (non-hydrogen) atoms. The van der Waals surface area contributed by atoms with Gasteiger partial charge in [0.05, 0.1) is 23.3 Å². The zero-order valence-corrected chi connectivity index (χ0v) is 15.6. The van der Waals surface area contributed by atoms with Gasteiger partial charge in [0.1, 0.15) is 0 Å². The molecular formula is C20H28N4O2. The summed E-state index contributed by atoms with van der Waals surface area (Å²) < 4.78 is 0. The van der Waals surface area contributed by atoms with E-state index in [2.05, 4.69) is 20.1 Å². The minimum atomic E-state index is -0.262. The Hall–Kier alpha value is -2.02. The molecule has 0 saturated carbocycles. The Balaban J connectivity index is 1.58. The number of fused-ring (bicyclic) bond motifs is 1. The van der Waals surface area contributed by atoms with Crippen LogP contribution in [-0.2, 0) is 4.79 Å². The van der Waals surface area contributed by atoms with Crippen molar-refractivity contribution >= 4 is 22.5 Å². The second-order valence-electron chi connectivity index (χ2n) is 6.94. The Kier molecular flexibility index (Phi) is 6.19. The minimum Gasteiger partial charge on any atom is -0.392 e. The molecule has 1 aliphatic rings. The van der Waals surface area contributed by atoms with Crippen LogP contribution in [0.4, 0.5) is 5.69 Å². The van der Waals surface area contributed by atoms with Crippen LogP contribution >= 0.6 is 0 Å². The van der Waals surface area contributed by atoms with Crippen molar-refractivity contribution in [3.63, 3.8) is 0 Å². The summed E-state index contributed by atoms with van der Waals surface area (Å²) in [4.78, 5) is 21.5. The summed E-state index contributed by atoms with van der Waals surface area (Å²) in [7, 11) is 0. The normalized spacial score (nSPS) is 18.6. The fourth-order valence-corrected chi connectivity index (χ4v) is 3.38. The lowest BCUT2D eigenvalue weighted by molar-refractivity contribution is -0.121. The number of β-amino-alcohol motifs (C(OH)–C–C–N with tert-alkyl or cyclic N) is 1. The molecular weight excluding hydrogens is 328 g/mol. The number of hydrogen-bond acceptors (Lipinski definition) is 5. The van der Waals surface area contributed by atoms with Gasteiger partial charge >= 0.3 is 0 Å². The summed E-state index contributed by atoms with van der Waals surface area (Å²) in [5.74, 6) is 0.00314. The fraction of sp³-hybridized carbons (Fsp3) is 0.500. The molecule has 0 aliphatic carbocycles. The number of aromatic nitrogens is 1. The molecule has 2 aromatic rings. The third kappa shape index (κ3) is 4.38. The molecule has 2 N–H and O–H groups in total. The van der Waals surface area contributed by atoms with E-state index in [0.717, 1.165) is 49.2 Å². The molecule has 1 fully saturated rings. The molecule has 2 atom stereocenters. The van der Waals surface area contributed by atoms with E-state index in [9.17, 15) is 9.90 Å². The largest absolute Gasteiger partial charge is 0.392 e. The fourth-order valence-electron chi connectivity index (χ4n) is 3.38. The highest BCUT2D eigenvalue weighted by molar-refractivity contribution is 6.02. The van der Waals surface area contributed by atoms with Gasteiger partial charge in [0.25, 0.3) is 0 Å². The zero-order valence-electron chi connectivity index (χ0n) is 15.6. The lowest BCUT2D eigenvalue weighted by Crippen LogP contribution is -2.53. The van der Waals surface area contributed by atoms with Crippen LogP contribution in [0.25, 0.3) is 10.9 Å². The molecule has 2 heterocycles. The van der Waals surface area contributed by atoms with Gasteiger partial charge in [0.2, 0.25) is 5.91 Å². The first-order valence-electron chi connectivity index (χ1n) is 9.37. The van der Waals surface area contributed by atoms with Gasteiger partial charge < -0.3 is 10.4 Å². The standard InChI is InChI=1S/C20H28N4O2/c1-3-16(25)14-23-10-12-24(13-11-23)15(2)20(26)22-19-8-4-7-18-17(19)6-5-9-21-18/h4-9,15-16,25H,3,10-14H2,1-2H3,(H,22,26). The van der Waals surface area contributed by atoms with Gasteiger partial charge in [-0.2, -0.15) is 0 Å². The molecule has 1 aliphatic heterocycles. The Morgan fingerprint density at radius 1 is 1.23 bits per heavy atom. The molecule has 140 valence electrons. The number of piperazine rings is 1. The number of amides is 1. The summed E-state index contributed by atoms with van der Waals surface area (Å²) in [6, 6.07) is 9.43. The highest BCUT2D eigenvalue weighted by Crippen LogP contribution is 2.22. The monoisotopic (exact) mass is 356 g/mol. The van der Waals surface area contributed by atoms with Crippen molar-refractivity contribution in [3.05, 3.63) is 36.5 Å². The van der Waals surface area contributed by atoms with Crippen LogP contribution in [-0.4, -0.2) is 70.7 Å². The van der Waals surface area contributed by atoms with Crippen molar-refractivity contribution in [2.45, 2.75) is 32.4 Å². The number of carbonyl (C=O) groups is 1. The van der Waals surface area contributed by atoms with E-state index in [0.29, 0.717) is 6.54 Å². The molecule has 0 bridgehead atoms. The van der Waals surface area contributed by atoms with E-state index in [1.165, 1.54) is 0 Å². The molecule has 1 saturated heterocycles. The average Bonchev–Trinajstić information content (AvgIpc) is 2.68. The summed E-state index contributed by atoms with van der Waals surface area (Å²) in [6.07, 6.45) is 2.27. The Labute approximate surface area is 154 Å². The van der Waals surface area contributed by atoms with Gasteiger partial charge in [-0.1, -0.05) is 13.0 Å². The van der Waals surface area contributed by atoms with E-state index >= 15 is 0 Å². The maximum Gasteiger partial charge on any atom is 0.241 e. The first-order chi connectivity index (χ1) is 12.6. The van der Waals surface area contributed by atoms with Crippen molar-refractivity contribution in [2.75, 3.05) is 38.0 Å². The third-order valence-electron chi connectivity index (χ3n) is 5.18. The number of rotatable bonds is 6. The van der Waals surface area contributed by atoms with Crippen molar-refractivity contribution in [2.24, 2.45) is 0 Å². The Bertz CT molecular complexity index is 738. The minimum absolute atomic E-state index is 0.00314. The zero-order chi connectivity index (χ0) is 18.5. The molecule has 6 nitrogen and oxygen atoms in total. The number of anilines is 1. The van der Waals surface area contributed by atoms with Crippen LogP contribution in [0.3, 0.4) is 0 Å². The third-order valence-corrected chi connectivity index (χ3v) is 5.18. The number of benzene rings is 1. The quantitative estimate of drug-likeness (QED) is 0.828.